The predicted octanol–water partition coefficient (Wildman–Crippen LogP) is 1.76. The topological polar surface area (TPSA) is 43.8 Å². The average Bonchev–Trinajstić information content (AvgIpc) is 2.36. The van der Waals surface area contributed by atoms with Crippen molar-refractivity contribution >= 4 is 5.78 Å². The minimum atomic E-state index is -0.380. The molecule has 0 aliphatic carbocycles. The van der Waals surface area contributed by atoms with Crippen molar-refractivity contribution in [3.05, 3.63) is 29.6 Å². The molecule has 0 aromatic heterocycles. The third kappa shape index (κ3) is 1.64. The smallest absolute Gasteiger partial charge is 0.149 e. The number of hydrogen-bond acceptors (Lipinski definition) is 4. The van der Waals surface area contributed by atoms with Gasteiger partial charge in [0, 0.05) is 37.8 Å². The van der Waals surface area contributed by atoms with E-state index < -0.39 is 0 Å². The molecule has 5 rings (SSSR count). The molecule has 4 fully saturated rings. The van der Waals surface area contributed by atoms with Gasteiger partial charge in [-0.15, -0.1) is 0 Å². The molecular weight excluding hydrogens is 271 g/mol. The SMILES string of the molecule is CC12CN3CC(C)(CN(C1)C3c1ccc(O)cc1F)C2=O. The van der Waals surface area contributed by atoms with E-state index in [1.165, 1.54) is 6.07 Å². The number of rotatable bonds is 1. The van der Waals surface area contributed by atoms with Gasteiger partial charge in [-0.3, -0.25) is 14.6 Å². The number of ketones is 1. The molecule has 112 valence electrons. The number of nitrogens with zero attached hydrogens (tertiary/aromatic N) is 2. The predicted molar refractivity (Wildman–Crippen MR) is 75.2 cm³/mol. The number of carbonyl (C=O) groups is 1. The summed E-state index contributed by atoms with van der Waals surface area (Å²) in [7, 11) is 0. The highest BCUT2D eigenvalue weighted by Gasteiger charge is 2.62. The van der Waals surface area contributed by atoms with Crippen LogP contribution in [0.2, 0.25) is 0 Å². The summed E-state index contributed by atoms with van der Waals surface area (Å²) in [6, 6.07) is 4.35. The molecule has 4 nitrogen and oxygen atoms in total. The Labute approximate surface area is 123 Å². The largest absolute Gasteiger partial charge is 0.508 e. The number of carbonyl (C=O) groups excluding carboxylic acids is 1. The van der Waals surface area contributed by atoms with Crippen molar-refractivity contribution in [2.24, 2.45) is 10.8 Å². The van der Waals surface area contributed by atoms with Crippen LogP contribution in [0.4, 0.5) is 4.39 Å². The van der Waals surface area contributed by atoms with Crippen LogP contribution in [0.25, 0.3) is 0 Å². The monoisotopic (exact) mass is 290 g/mol. The molecule has 0 atom stereocenters. The van der Waals surface area contributed by atoms with Crippen molar-refractivity contribution in [1.29, 1.82) is 0 Å². The van der Waals surface area contributed by atoms with E-state index in [1.807, 2.05) is 13.8 Å². The molecule has 4 bridgehead atoms. The molecule has 0 unspecified atom stereocenters. The minimum absolute atomic E-state index is 0.0563. The third-order valence-corrected chi connectivity index (χ3v) is 5.26. The fraction of sp³-hybridized carbons (Fsp3) is 0.562. The number of phenolic OH excluding ortho intramolecular Hbond substituents is 1. The Morgan fingerprint density at radius 3 is 2.14 bits per heavy atom. The summed E-state index contributed by atoms with van der Waals surface area (Å²) < 4.78 is 14.2. The number of piperidine rings is 2. The van der Waals surface area contributed by atoms with Gasteiger partial charge in [-0.2, -0.15) is 0 Å². The number of halogens is 1. The molecule has 5 heteroatoms. The first kappa shape index (κ1) is 13.2. The van der Waals surface area contributed by atoms with Gasteiger partial charge in [-0.25, -0.2) is 4.39 Å². The highest BCUT2D eigenvalue weighted by atomic mass is 19.1. The van der Waals surface area contributed by atoms with Crippen molar-refractivity contribution in [1.82, 2.24) is 9.80 Å². The molecule has 4 saturated heterocycles. The van der Waals surface area contributed by atoms with Crippen molar-refractivity contribution < 1.29 is 14.3 Å². The van der Waals surface area contributed by atoms with Crippen LogP contribution in [0.5, 0.6) is 5.75 Å². The Bertz CT molecular complexity index is 605. The Hall–Kier alpha value is -1.46. The van der Waals surface area contributed by atoms with E-state index in [9.17, 15) is 14.3 Å². The van der Waals surface area contributed by atoms with E-state index in [2.05, 4.69) is 9.80 Å². The first-order valence-corrected chi connectivity index (χ1v) is 7.34. The van der Waals surface area contributed by atoms with E-state index in [4.69, 9.17) is 0 Å². The fourth-order valence-corrected chi connectivity index (χ4v) is 4.72. The molecule has 0 spiro atoms. The normalized spacial score (nSPS) is 44.3. The first-order valence-electron chi connectivity index (χ1n) is 7.34. The molecule has 4 heterocycles. The summed E-state index contributed by atoms with van der Waals surface area (Å²) in [4.78, 5) is 17.0. The lowest BCUT2D eigenvalue weighted by atomic mass is 9.62. The molecule has 1 aromatic rings. The fourth-order valence-electron chi connectivity index (χ4n) is 4.72. The van der Waals surface area contributed by atoms with Crippen LogP contribution in [-0.4, -0.2) is 46.9 Å². The van der Waals surface area contributed by atoms with Crippen LogP contribution in [0.15, 0.2) is 18.2 Å². The number of benzene rings is 1. The molecule has 0 radical (unpaired) electrons. The number of hydrogen-bond donors (Lipinski definition) is 1. The first-order chi connectivity index (χ1) is 9.82. The second-order valence-electron chi connectivity index (χ2n) is 7.34. The van der Waals surface area contributed by atoms with Gasteiger partial charge in [0.25, 0.3) is 0 Å². The summed E-state index contributed by atoms with van der Waals surface area (Å²) in [6.45, 7) is 6.78. The maximum Gasteiger partial charge on any atom is 0.149 e. The zero-order chi connectivity index (χ0) is 15.0. The molecule has 1 aromatic carbocycles. The third-order valence-electron chi connectivity index (χ3n) is 5.26. The second-order valence-corrected chi connectivity index (χ2v) is 7.34. The quantitative estimate of drug-likeness (QED) is 0.856. The summed E-state index contributed by atoms with van der Waals surface area (Å²) >= 11 is 0. The van der Waals surface area contributed by atoms with Gasteiger partial charge in [0.05, 0.1) is 17.0 Å². The summed E-state index contributed by atoms with van der Waals surface area (Å²) in [5.41, 5.74) is -0.0872. The lowest BCUT2D eigenvalue weighted by molar-refractivity contribution is -0.197. The molecule has 4 aliphatic heterocycles. The molecule has 0 amide bonds. The summed E-state index contributed by atoms with van der Waals surface area (Å²) in [5, 5.41) is 9.39. The van der Waals surface area contributed by atoms with Crippen molar-refractivity contribution in [2.45, 2.75) is 20.0 Å². The van der Waals surface area contributed by atoms with E-state index in [0.29, 0.717) is 37.5 Å². The average molecular weight is 290 g/mol. The zero-order valence-corrected chi connectivity index (χ0v) is 12.3. The van der Waals surface area contributed by atoms with Crippen molar-refractivity contribution in [3.63, 3.8) is 0 Å². The van der Waals surface area contributed by atoms with Gasteiger partial charge in [-0.1, -0.05) is 13.8 Å². The van der Waals surface area contributed by atoms with Crippen molar-refractivity contribution in [2.75, 3.05) is 26.2 Å². The van der Waals surface area contributed by atoms with Crippen LogP contribution in [0.3, 0.4) is 0 Å². The van der Waals surface area contributed by atoms with Gasteiger partial charge < -0.3 is 5.11 Å². The van der Waals surface area contributed by atoms with Gasteiger partial charge in [0.1, 0.15) is 17.3 Å². The Balaban J connectivity index is 1.77. The van der Waals surface area contributed by atoms with Crippen LogP contribution in [-0.2, 0) is 4.79 Å². The van der Waals surface area contributed by atoms with E-state index in [-0.39, 0.29) is 28.6 Å². The van der Waals surface area contributed by atoms with Crippen LogP contribution < -0.4 is 0 Å². The van der Waals surface area contributed by atoms with Crippen LogP contribution >= 0.6 is 0 Å². The second kappa shape index (κ2) is 3.84. The van der Waals surface area contributed by atoms with Crippen LogP contribution in [0, 0.1) is 16.6 Å². The Kier molecular flexibility index (Phi) is 2.42. The molecule has 1 N–H and O–H groups in total. The van der Waals surface area contributed by atoms with Gasteiger partial charge in [-0.05, 0) is 12.1 Å². The maximum atomic E-state index is 14.2. The Morgan fingerprint density at radius 2 is 1.67 bits per heavy atom. The lowest BCUT2D eigenvalue weighted by Gasteiger charge is -2.64. The molecule has 21 heavy (non-hydrogen) atoms. The minimum Gasteiger partial charge on any atom is -0.508 e. The number of aromatic hydroxyl groups is 1. The summed E-state index contributed by atoms with van der Waals surface area (Å²) in [5.74, 6) is -0.0830. The number of Topliss-reactive ketones (excluding diaryl/α,β-unsaturated/α-hetero) is 1. The lowest BCUT2D eigenvalue weighted by Crippen LogP contribution is -2.75. The Morgan fingerprint density at radius 1 is 1.14 bits per heavy atom. The molecular formula is C16H19FN2O2. The van der Waals surface area contributed by atoms with Crippen molar-refractivity contribution in [3.8, 4) is 5.75 Å². The van der Waals surface area contributed by atoms with Gasteiger partial charge in [0.2, 0.25) is 0 Å². The number of phenols is 1. The standard InChI is InChI=1S/C16H19FN2O2/c1-15-6-18-8-16(2,14(15)21)9-19(7-15)13(18)11-4-3-10(20)5-12(11)17/h3-5,13,20H,6-9H2,1-2H3. The highest BCUT2D eigenvalue weighted by Crippen LogP contribution is 2.52. The van der Waals surface area contributed by atoms with Gasteiger partial charge in [0.15, 0.2) is 0 Å². The van der Waals surface area contributed by atoms with E-state index in [0.717, 1.165) is 6.07 Å². The van der Waals surface area contributed by atoms with Gasteiger partial charge >= 0.3 is 0 Å². The molecule has 4 aliphatic rings. The summed E-state index contributed by atoms with van der Waals surface area (Å²) in [6.07, 6.45) is -0.125. The highest BCUT2D eigenvalue weighted by molar-refractivity contribution is 5.92. The van der Waals surface area contributed by atoms with Crippen LogP contribution in [0.1, 0.15) is 25.6 Å². The van der Waals surface area contributed by atoms with E-state index in [1.54, 1.807) is 6.07 Å². The molecule has 0 saturated carbocycles. The zero-order valence-electron chi connectivity index (χ0n) is 12.3. The van der Waals surface area contributed by atoms with E-state index >= 15 is 0 Å². The maximum absolute atomic E-state index is 14.2.